The minimum Gasteiger partial charge on any atom is -0.492 e. The van der Waals surface area contributed by atoms with Crippen LogP contribution in [-0.4, -0.2) is 55.5 Å². The van der Waals surface area contributed by atoms with Gasteiger partial charge in [0, 0.05) is 31.3 Å². The third-order valence-electron chi connectivity index (χ3n) is 7.08. The number of aliphatic carboxylic acids is 1. The molecule has 2 aromatic heterocycles. The maximum absolute atomic E-state index is 13.8. The summed E-state index contributed by atoms with van der Waals surface area (Å²) in [5, 5.41) is 13.6. The molecule has 3 heterocycles. The molecule has 1 atom stereocenters. The molecule has 0 spiro atoms. The second-order valence-electron chi connectivity index (χ2n) is 10.3. The number of carboxylic acid groups (broad SMARTS) is 1. The molecule has 234 valence electrons. The van der Waals surface area contributed by atoms with Crippen LogP contribution in [0, 0.1) is 0 Å². The van der Waals surface area contributed by atoms with E-state index in [2.05, 4.69) is 20.0 Å². The van der Waals surface area contributed by atoms with Crippen molar-refractivity contribution in [1.29, 1.82) is 0 Å². The third kappa shape index (κ3) is 7.77. The van der Waals surface area contributed by atoms with E-state index < -0.39 is 27.9 Å². The number of nitrogens with zero attached hydrogens (tertiary/aromatic N) is 2. The van der Waals surface area contributed by atoms with Gasteiger partial charge in [0.05, 0.1) is 12.3 Å². The van der Waals surface area contributed by atoms with E-state index in [1.165, 1.54) is 6.07 Å². The number of ether oxygens (including phenoxy) is 1. The Labute approximate surface area is 264 Å². The lowest BCUT2D eigenvalue weighted by Crippen LogP contribution is -2.40. The molecule has 0 bridgehead atoms. The number of nitrogens with one attached hydrogen (secondary N) is 2. The SMILES string of the molecule is NC(N)=NCCC[C@H](NC(=O)c1sccc1NS(=O)(=O)c1cc(-c2cccc(Cc3ccccn3)c2)cc2c1OCC2)C(=O)O. The predicted octanol–water partition coefficient (Wildman–Crippen LogP) is 3.37. The van der Waals surface area contributed by atoms with Crippen LogP contribution in [-0.2, 0) is 27.7 Å². The Kier molecular flexibility index (Phi) is 9.64. The first-order valence-corrected chi connectivity index (χ1v) is 16.5. The van der Waals surface area contributed by atoms with Gasteiger partial charge in [0.15, 0.2) is 5.96 Å². The average Bonchev–Trinajstić information content (AvgIpc) is 3.68. The van der Waals surface area contributed by atoms with E-state index >= 15 is 0 Å². The summed E-state index contributed by atoms with van der Waals surface area (Å²) in [6.07, 6.45) is 3.30. The number of amides is 1. The van der Waals surface area contributed by atoms with Gasteiger partial charge in [-0.1, -0.05) is 30.3 Å². The monoisotopic (exact) mass is 648 g/mol. The third-order valence-corrected chi connectivity index (χ3v) is 9.36. The van der Waals surface area contributed by atoms with Crippen molar-refractivity contribution in [2.24, 2.45) is 16.5 Å². The van der Waals surface area contributed by atoms with Crippen molar-refractivity contribution >= 4 is 44.9 Å². The number of anilines is 1. The van der Waals surface area contributed by atoms with Gasteiger partial charge in [0.2, 0.25) is 0 Å². The van der Waals surface area contributed by atoms with E-state index in [-0.39, 0.29) is 40.1 Å². The van der Waals surface area contributed by atoms with Gasteiger partial charge >= 0.3 is 5.97 Å². The number of fused-ring (bicyclic) bond motifs is 1. The number of sulfonamides is 1. The number of rotatable bonds is 13. The van der Waals surface area contributed by atoms with Crippen LogP contribution in [0.1, 0.15) is 39.3 Å². The first-order valence-electron chi connectivity index (χ1n) is 14.1. The van der Waals surface area contributed by atoms with Crippen molar-refractivity contribution in [3.05, 3.63) is 93.9 Å². The standard InChI is InChI=1S/C31H32N6O6S2/c32-31(33)35-12-4-8-25(30(39)40)36-29(38)28-24(10-14-44-28)37-45(41,42)26-18-22(17-21-9-13-43-27(21)26)20-6-3-5-19(15-20)16-23-7-1-2-11-34-23/h1-3,5-7,10-11,14-15,17-18,25,37H,4,8-9,12-13,16H2,(H,36,38)(H,39,40)(H4,32,33,35)/t25-/m0/s1. The van der Waals surface area contributed by atoms with Crippen LogP contribution < -0.4 is 26.2 Å². The summed E-state index contributed by atoms with van der Waals surface area (Å²) >= 11 is 0.984. The zero-order chi connectivity index (χ0) is 32.0. The van der Waals surface area contributed by atoms with E-state index in [1.807, 2.05) is 48.5 Å². The Morgan fingerprint density at radius 1 is 1.09 bits per heavy atom. The van der Waals surface area contributed by atoms with Gasteiger partial charge < -0.3 is 26.6 Å². The molecular formula is C31H32N6O6S2. The number of carbonyl (C=O) groups excluding carboxylic acids is 1. The maximum Gasteiger partial charge on any atom is 0.326 e. The summed E-state index contributed by atoms with van der Waals surface area (Å²) in [4.78, 5) is 33.1. The Balaban J connectivity index is 1.38. The van der Waals surface area contributed by atoms with Gasteiger partial charge in [-0.2, -0.15) is 0 Å². The molecule has 1 aliphatic rings. The molecule has 5 rings (SSSR count). The minimum atomic E-state index is -4.24. The Bertz CT molecular complexity index is 1840. The minimum absolute atomic E-state index is 0.0185. The van der Waals surface area contributed by atoms with E-state index in [1.54, 1.807) is 17.6 Å². The van der Waals surface area contributed by atoms with Crippen LogP contribution >= 0.6 is 11.3 Å². The van der Waals surface area contributed by atoms with Gasteiger partial charge in [0.1, 0.15) is 21.6 Å². The smallest absolute Gasteiger partial charge is 0.326 e. The molecule has 1 aliphatic heterocycles. The molecule has 0 radical (unpaired) electrons. The number of carboxylic acids is 1. The largest absolute Gasteiger partial charge is 0.492 e. The van der Waals surface area contributed by atoms with Crippen LogP contribution in [0.4, 0.5) is 5.69 Å². The highest BCUT2D eigenvalue weighted by molar-refractivity contribution is 7.92. The molecule has 4 aromatic rings. The number of pyridine rings is 1. The molecule has 0 fully saturated rings. The summed E-state index contributed by atoms with van der Waals surface area (Å²) in [6, 6.07) is 17.3. The molecule has 0 aliphatic carbocycles. The Morgan fingerprint density at radius 3 is 2.69 bits per heavy atom. The van der Waals surface area contributed by atoms with Gasteiger partial charge in [-0.15, -0.1) is 11.3 Å². The Hall–Kier alpha value is -4.95. The summed E-state index contributed by atoms with van der Waals surface area (Å²) in [7, 11) is -4.24. The summed E-state index contributed by atoms with van der Waals surface area (Å²) in [5.74, 6) is -1.81. The van der Waals surface area contributed by atoms with Crippen molar-refractivity contribution in [2.45, 2.75) is 36.6 Å². The van der Waals surface area contributed by atoms with Crippen molar-refractivity contribution in [1.82, 2.24) is 10.3 Å². The number of aliphatic imine (C=N–C) groups is 1. The fourth-order valence-corrected chi connectivity index (χ4v) is 7.06. The number of hydrogen-bond acceptors (Lipinski definition) is 8. The van der Waals surface area contributed by atoms with E-state index in [4.69, 9.17) is 16.2 Å². The van der Waals surface area contributed by atoms with Crippen molar-refractivity contribution in [2.75, 3.05) is 17.9 Å². The lowest BCUT2D eigenvalue weighted by molar-refractivity contribution is -0.139. The summed E-state index contributed by atoms with van der Waals surface area (Å²) < 4.78 is 35.9. The van der Waals surface area contributed by atoms with Crippen LogP contribution in [0.15, 0.2) is 82.1 Å². The molecule has 0 saturated carbocycles. The van der Waals surface area contributed by atoms with Crippen LogP contribution in [0.2, 0.25) is 0 Å². The van der Waals surface area contributed by atoms with Crippen LogP contribution in [0.3, 0.4) is 0 Å². The predicted molar refractivity (Wildman–Crippen MR) is 172 cm³/mol. The lowest BCUT2D eigenvalue weighted by Gasteiger charge is -2.16. The molecule has 2 aromatic carbocycles. The lowest BCUT2D eigenvalue weighted by atomic mass is 9.98. The molecule has 45 heavy (non-hydrogen) atoms. The number of nitrogens with two attached hydrogens (primary N) is 2. The molecule has 12 nitrogen and oxygen atoms in total. The van der Waals surface area contributed by atoms with Gasteiger partial charge in [-0.05, 0) is 70.8 Å². The zero-order valence-corrected chi connectivity index (χ0v) is 25.7. The fraction of sp³-hybridized carbons (Fsp3) is 0.226. The van der Waals surface area contributed by atoms with Crippen LogP contribution in [0.5, 0.6) is 5.75 Å². The second kappa shape index (κ2) is 13.8. The quantitative estimate of drug-likeness (QED) is 0.0819. The topological polar surface area (TPSA) is 199 Å². The zero-order valence-electron chi connectivity index (χ0n) is 24.1. The van der Waals surface area contributed by atoms with Crippen molar-refractivity contribution < 1.29 is 27.9 Å². The molecule has 7 N–H and O–H groups in total. The molecule has 0 unspecified atom stereocenters. The van der Waals surface area contributed by atoms with Gasteiger partial charge in [-0.3, -0.25) is 19.5 Å². The molecule has 0 saturated heterocycles. The molecular weight excluding hydrogens is 617 g/mol. The molecule has 14 heteroatoms. The van der Waals surface area contributed by atoms with Gasteiger partial charge in [0.25, 0.3) is 15.9 Å². The fourth-order valence-electron chi connectivity index (χ4n) is 4.96. The highest BCUT2D eigenvalue weighted by Crippen LogP contribution is 2.39. The normalized spacial score (nSPS) is 12.9. The number of benzene rings is 2. The number of hydrogen-bond donors (Lipinski definition) is 5. The second-order valence-corrected chi connectivity index (χ2v) is 12.9. The molecule has 1 amide bonds. The maximum atomic E-state index is 13.8. The van der Waals surface area contributed by atoms with Crippen molar-refractivity contribution in [3.63, 3.8) is 0 Å². The van der Waals surface area contributed by atoms with Crippen LogP contribution in [0.25, 0.3) is 11.1 Å². The highest BCUT2D eigenvalue weighted by atomic mass is 32.2. The van der Waals surface area contributed by atoms with E-state index in [0.29, 0.717) is 31.4 Å². The Morgan fingerprint density at radius 2 is 1.93 bits per heavy atom. The summed E-state index contributed by atoms with van der Waals surface area (Å²) in [5.41, 5.74) is 14.9. The van der Waals surface area contributed by atoms with Crippen molar-refractivity contribution in [3.8, 4) is 16.9 Å². The van der Waals surface area contributed by atoms with E-state index in [9.17, 15) is 23.1 Å². The van der Waals surface area contributed by atoms with Gasteiger partial charge in [-0.25, -0.2) is 13.2 Å². The van der Waals surface area contributed by atoms with E-state index in [0.717, 1.165) is 33.7 Å². The average molecular weight is 649 g/mol. The highest BCUT2D eigenvalue weighted by Gasteiger charge is 2.29. The number of guanidine groups is 1. The number of carbonyl (C=O) groups is 2. The summed E-state index contributed by atoms with van der Waals surface area (Å²) in [6.45, 7) is 0.541. The first-order chi connectivity index (χ1) is 21.6. The first kappa shape index (κ1) is 31.5. The number of thiophene rings is 1. The number of aromatic nitrogens is 1.